The van der Waals surface area contributed by atoms with E-state index in [1.165, 1.54) is 17.7 Å². The smallest absolute Gasteiger partial charge is 0.240 e. The fraction of sp³-hybridized carbons (Fsp3) is 0.429. The average Bonchev–Trinajstić information content (AvgIpc) is 3.07. The van der Waals surface area contributed by atoms with E-state index in [1.807, 2.05) is 18.2 Å². The van der Waals surface area contributed by atoms with E-state index >= 15 is 0 Å². The minimum Gasteiger partial charge on any atom is -0.394 e. The molecule has 4 rings (SSSR count). The number of aliphatic hydroxyl groups is 2. The second-order valence-corrected chi connectivity index (χ2v) is 9.44. The summed E-state index contributed by atoms with van der Waals surface area (Å²) in [6.07, 6.45) is -1.55. The molecule has 1 saturated heterocycles. The lowest BCUT2D eigenvalue weighted by atomic mass is 9.95. The first-order chi connectivity index (χ1) is 14.4. The topological polar surface area (TPSA) is 99.1 Å². The molecule has 0 amide bonds. The number of sulfonamides is 1. The third-order valence-corrected chi connectivity index (χ3v) is 7.26. The van der Waals surface area contributed by atoms with Crippen LogP contribution in [-0.2, 0) is 27.7 Å². The molecule has 3 N–H and O–H groups in total. The lowest BCUT2D eigenvalue weighted by Crippen LogP contribution is -2.52. The molecular weight excluding hydrogens is 411 g/mol. The van der Waals surface area contributed by atoms with Crippen molar-refractivity contribution in [1.82, 2.24) is 9.62 Å². The van der Waals surface area contributed by atoms with E-state index in [1.54, 1.807) is 0 Å². The van der Waals surface area contributed by atoms with Crippen molar-refractivity contribution in [3.05, 3.63) is 65.5 Å². The molecule has 0 unspecified atom stereocenters. The molecule has 2 aliphatic heterocycles. The standard InChI is InChI=1S/C21H25FN2O5S/c22-16-5-7-17(8-6-16)30(27,28)23-11-18-20(21(26)19(13-25)29-18)24-10-9-14-3-1-2-4-15(14)12-24/h1-8,18-21,23,25-26H,9-13H2/t18-,19+,20+,21-/m1/s1. The Labute approximate surface area is 175 Å². The highest BCUT2D eigenvalue weighted by atomic mass is 32.2. The van der Waals surface area contributed by atoms with Crippen LogP contribution in [0.15, 0.2) is 53.4 Å². The Balaban J connectivity index is 1.50. The van der Waals surface area contributed by atoms with Crippen LogP contribution >= 0.6 is 0 Å². The van der Waals surface area contributed by atoms with Gasteiger partial charge in [0.2, 0.25) is 10.0 Å². The van der Waals surface area contributed by atoms with Crippen LogP contribution in [0.3, 0.4) is 0 Å². The number of rotatable bonds is 6. The van der Waals surface area contributed by atoms with Crippen LogP contribution in [0.2, 0.25) is 0 Å². The Bertz CT molecular complexity index is 985. The van der Waals surface area contributed by atoms with Gasteiger partial charge in [0.1, 0.15) is 18.0 Å². The van der Waals surface area contributed by atoms with Crippen molar-refractivity contribution in [3.8, 4) is 0 Å². The molecule has 0 radical (unpaired) electrons. The Morgan fingerprint density at radius 2 is 1.80 bits per heavy atom. The van der Waals surface area contributed by atoms with Crippen LogP contribution in [0.5, 0.6) is 0 Å². The van der Waals surface area contributed by atoms with Gasteiger partial charge in [0.15, 0.2) is 0 Å². The summed E-state index contributed by atoms with van der Waals surface area (Å²) in [6, 6.07) is 12.2. The van der Waals surface area contributed by atoms with Crippen LogP contribution in [0, 0.1) is 5.82 Å². The van der Waals surface area contributed by atoms with E-state index in [4.69, 9.17) is 4.74 Å². The summed E-state index contributed by atoms with van der Waals surface area (Å²) in [7, 11) is -3.87. The molecule has 2 aromatic carbocycles. The summed E-state index contributed by atoms with van der Waals surface area (Å²) in [5.41, 5.74) is 2.42. The summed E-state index contributed by atoms with van der Waals surface area (Å²) in [5.74, 6) is -0.521. The lowest BCUT2D eigenvalue weighted by Gasteiger charge is -2.37. The van der Waals surface area contributed by atoms with Crippen LogP contribution in [0.4, 0.5) is 4.39 Å². The third-order valence-electron chi connectivity index (χ3n) is 5.82. The first kappa shape index (κ1) is 21.4. The van der Waals surface area contributed by atoms with E-state index in [-0.39, 0.29) is 18.0 Å². The number of hydrogen-bond donors (Lipinski definition) is 3. The van der Waals surface area contributed by atoms with Crippen molar-refractivity contribution in [3.63, 3.8) is 0 Å². The first-order valence-electron chi connectivity index (χ1n) is 9.89. The zero-order chi connectivity index (χ0) is 21.3. The molecule has 0 saturated carbocycles. The predicted octanol–water partition coefficient (Wildman–Crippen LogP) is 0.652. The maximum Gasteiger partial charge on any atom is 0.240 e. The number of fused-ring (bicyclic) bond motifs is 1. The van der Waals surface area contributed by atoms with Gasteiger partial charge < -0.3 is 14.9 Å². The number of halogens is 1. The average molecular weight is 437 g/mol. The largest absolute Gasteiger partial charge is 0.394 e. The molecule has 0 aromatic heterocycles. The van der Waals surface area contributed by atoms with Gasteiger partial charge in [-0.25, -0.2) is 17.5 Å². The first-order valence-corrected chi connectivity index (χ1v) is 11.4. The summed E-state index contributed by atoms with van der Waals surface area (Å²) in [6.45, 7) is 0.876. The van der Waals surface area contributed by atoms with Crippen molar-refractivity contribution in [2.24, 2.45) is 0 Å². The van der Waals surface area contributed by atoms with E-state index in [9.17, 15) is 23.0 Å². The fourth-order valence-corrected chi connectivity index (χ4v) is 5.30. The van der Waals surface area contributed by atoms with Crippen LogP contribution in [-0.4, -0.2) is 67.6 Å². The van der Waals surface area contributed by atoms with Gasteiger partial charge in [0.05, 0.1) is 23.6 Å². The van der Waals surface area contributed by atoms with Crippen molar-refractivity contribution < 1.29 is 27.8 Å². The normalized spacial score (nSPS) is 27.2. The fourth-order valence-electron chi connectivity index (χ4n) is 4.26. The molecule has 0 spiro atoms. The molecule has 30 heavy (non-hydrogen) atoms. The number of nitrogens with one attached hydrogen (secondary N) is 1. The van der Waals surface area contributed by atoms with Crippen molar-refractivity contribution >= 4 is 10.0 Å². The SMILES string of the molecule is O=S(=O)(NC[C@H]1O[C@@H](CO)[C@@H](O)[C@H]1N1CCc2ccccc2C1)c1ccc(F)cc1. The van der Waals surface area contributed by atoms with Gasteiger partial charge in [-0.3, -0.25) is 4.90 Å². The van der Waals surface area contributed by atoms with Gasteiger partial charge in [-0.2, -0.15) is 0 Å². The van der Waals surface area contributed by atoms with Gasteiger partial charge >= 0.3 is 0 Å². The minimum absolute atomic E-state index is 0.0513. The molecule has 4 atom stereocenters. The maximum atomic E-state index is 13.1. The van der Waals surface area contributed by atoms with Gasteiger partial charge in [0, 0.05) is 19.6 Å². The van der Waals surface area contributed by atoms with E-state index in [0.29, 0.717) is 13.1 Å². The molecule has 2 aromatic rings. The molecule has 2 heterocycles. The second-order valence-electron chi connectivity index (χ2n) is 7.67. The molecule has 0 aliphatic carbocycles. The quantitative estimate of drug-likeness (QED) is 0.615. The molecule has 9 heteroatoms. The highest BCUT2D eigenvalue weighted by Crippen LogP contribution is 2.30. The number of ether oxygens (including phenoxy) is 1. The third kappa shape index (κ3) is 4.27. The van der Waals surface area contributed by atoms with Crippen LogP contribution < -0.4 is 4.72 Å². The summed E-state index contributed by atoms with van der Waals surface area (Å²) in [4.78, 5) is 2.03. The lowest BCUT2D eigenvalue weighted by molar-refractivity contribution is -0.0201. The second kappa shape index (κ2) is 8.70. The van der Waals surface area contributed by atoms with Gasteiger partial charge in [-0.1, -0.05) is 24.3 Å². The van der Waals surface area contributed by atoms with Crippen LogP contribution in [0.25, 0.3) is 0 Å². The summed E-state index contributed by atoms with van der Waals surface area (Å²) < 4.78 is 46.5. The Hall–Kier alpha value is -1.88. The molecule has 2 aliphatic rings. The van der Waals surface area contributed by atoms with Crippen molar-refractivity contribution in [2.75, 3.05) is 19.7 Å². The van der Waals surface area contributed by atoms with E-state index < -0.39 is 40.2 Å². The molecule has 1 fully saturated rings. The number of benzene rings is 2. The number of hydrogen-bond acceptors (Lipinski definition) is 6. The number of nitrogens with zero attached hydrogens (tertiary/aromatic N) is 1. The summed E-state index contributed by atoms with van der Waals surface area (Å²) >= 11 is 0. The van der Waals surface area contributed by atoms with Gasteiger partial charge in [-0.05, 0) is 41.8 Å². The Morgan fingerprint density at radius 1 is 1.10 bits per heavy atom. The monoisotopic (exact) mass is 436 g/mol. The number of aliphatic hydroxyl groups excluding tert-OH is 2. The van der Waals surface area contributed by atoms with Gasteiger partial charge in [-0.15, -0.1) is 0 Å². The van der Waals surface area contributed by atoms with Gasteiger partial charge in [0.25, 0.3) is 0 Å². The van der Waals surface area contributed by atoms with Crippen molar-refractivity contribution in [2.45, 2.75) is 42.2 Å². The molecular formula is C21H25FN2O5S. The van der Waals surface area contributed by atoms with Crippen molar-refractivity contribution in [1.29, 1.82) is 0 Å². The Morgan fingerprint density at radius 3 is 2.50 bits per heavy atom. The zero-order valence-corrected chi connectivity index (χ0v) is 17.1. The summed E-state index contributed by atoms with van der Waals surface area (Å²) in [5, 5.41) is 20.3. The van der Waals surface area contributed by atoms with E-state index in [2.05, 4.69) is 15.7 Å². The predicted molar refractivity (Wildman–Crippen MR) is 108 cm³/mol. The highest BCUT2D eigenvalue weighted by molar-refractivity contribution is 7.89. The minimum atomic E-state index is -3.87. The van der Waals surface area contributed by atoms with E-state index in [0.717, 1.165) is 24.1 Å². The highest BCUT2D eigenvalue weighted by Gasteiger charge is 2.47. The molecule has 0 bridgehead atoms. The molecule has 7 nitrogen and oxygen atoms in total. The molecule has 162 valence electrons. The van der Waals surface area contributed by atoms with Crippen LogP contribution in [0.1, 0.15) is 11.1 Å². The Kier molecular flexibility index (Phi) is 6.19. The maximum absolute atomic E-state index is 13.1. The zero-order valence-electron chi connectivity index (χ0n) is 16.3.